The molecule has 0 bridgehead atoms. The zero-order valence-electron chi connectivity index (χ0n) is 16.5. The molecular formula is C23H27NS2. The van der Waals surface area contributed by atoms with E-state index in [1.165, 1.54) is 9.79 Å². The summed E-state index contributed by atoms with van der Waals surface area (Å²) < 4.78 is 0.379. The topological polar surface area (TPSA) is 23.8 Å². The summed E-state index contributed by atoms with van der Waals surface area (Å²) in [4.78, 5) is 2.47. The maximum Gasteiger partial charge on any atom is 0.0998 e. The lowest BCUT2D eigenvalue weighted by atomic mass is 10.0. The minimum absolute atomic E-state index is 0.183. The van der Waals surface area contributed by atoms with Gasteiger partial charge in [0.05, 0.1) is 11.6 Å². The van der Waals surface area contributed by atoms with Crippen molar-refractivity contribution in [1.29, 1.82) is 5.26 Å². The average molecular weight is 382 g/mol. The van der Waals surface area contributed by atoms with Gasteiger partial charge < -0.3 is 0 Å². The first-order valence-corrected chi connectivity index (χ1v) is 10.4. The smallest absolute Gasteiger partial charge is 0.0998 e. The number of hydrogen-bond acceptors (Lipinski definition) is 3. The number of hydrogen-bond donors (Lipinski definition) is 0. The van der Waals surface area contributed by atoms with Gasteiger partial charge in [-0.25, -0.2) is 0 Å². The molecule has 2 aromatic rings. The molecule has 0 saturated carbocycles. The van der Waals surface area contributed by atoms with Crippen LogP contribution in [0.15, 0.2) is 58.3 Å². The van der Waals surface area contributed by atoms with E-state index in [4.69, 9.17) is 0 Å². The van der Waals surface area contributed by atoms with Crippen molar-refractivity contribution in [1.82, 2.24) is 0 Å². The molecule has 0 aromatic heterocycles. The van der Waals surface area contributed by atoms with E-state index < -0.39 is 0 Å². The highest BCUT2D eigenvalue weighted by atomic mass is 32.2. The van der Waals surface area contributed by atoms with Crippen LogP contribution in [0.1, 0.15) is 52.7 Å². The Balaban J connectivity index is 2.18. The number of thioether (sulfide) groups is 2. The predicted octanol–water partition coefficient (Wildman–Crippen LogP) is 7.53. The highest BCUT2D eigenvalue weighted by Crippen LogP contribution is 2.33. The summed E-state index contributed by atoms with van der Waals surface area (Å²) >= 11 is 3.68. The highest BCUT2D eigenvalue weighted by molar-refractivity contribution is 8.00. The Labute approximate surface area is 166 Å². The second-order valence-corrected chi connectivity index (χ2v) is 12.0. The van der Waals surface area contributed by atoms with Crippen LogP contribution >= 0.6 is 23.5 Å². The van der Waals surface area contributed by atoms with Crippen LogP contribution in [-0.2, 0) is 0 Å². The fraction of sp³-hybridized carbons (Fsp3) is 0.348. The minimum atomic E-state index is 0.183. The molecule has 0 fully saturated rings. The Morgan fingerprint density at radius 2 is 1.19 bits per heavy atom. The second kappa shape index (κ2) is 8.37. The van der Waals surface area contributed by atoms with Gasteiger partial charge in [0.25, 0.3) is 0 Å². The van der Waals surface area contributed by atoms with Crippen LogP contribution in [-0.4, -0.2) is 9.49 Å². The standard InChI is InChI=1S/C23H27NS2/c1-22(2,3)25-20-11-7-17(8-12-20)15-19(16-24)18-9-13-21(14-10-18)26-23(4,5)6/h7-15H,1-6H3/b19-15+. The molecule has 136 valence electrons. The van der Waals surface area contributed by atoms with Crippen molar-refractivity contribution >= 4 is 35.2 Å². The first kappa shape index (κ1) is 20.7. The Hall–Kier alpha value is -1.63. The fourth-order valence-electron chi connectivity index (χ4n) is 2.39. The van der Waals surface area contributed by atoms with Crippen molar-refractivity contribution in [2.24, 2.45) is 0 Å². The van der Waals surface area contributed by atoms with Gasteiger partial charge in [0.15, 0.2) is 0 Å². The molecule has 2 rings (SSSR count). The van der Waals surface area contributed by atoms with E-state index in [0.717, 1.165) is 11.1 Å². The molecule has 0 N–H and O–H groups in total. The molecule has 3 heteroatoms. The predicted molar refractivity (Wildman–Crippen MR) is 118 cm³/mol. The van der Waals surface area contributed by atoms with E-state index >= 15 is 0 Å². The molecule has 26 heavy (non-hydrogen) atoms. The molecule has 0 amide bonds. The summed E-state index contributed by atoms with van der Waals surface area (Å²) in [5.41, 5.74) is 2.69. The summed E-state index contributed by atoms with van der Waals surface area (Å²) in [5, 5.41) is 9.58. The maximum atomic E-state index is 9.58. The second-order valence-electron chi connectivity index (χ2n) is 8.19. The summed E-state index contributed by atoms with van der Waals surface area (Å²) in [6.07, 6.45) is 1.96. The average Bonchev–Trinajstić information content (AvgIpc) is 2.52. The molecule has 0 aliphatic carbocycles. The Morgan fingerprint density at radius 1 is 0.769 bits per heavy atom. The van der Waals surface area contributed by atoms with Crippen LogP contribution < -0.4 is 0 Å². The summed E-state index contributed by atoms with van der Waals surface area (Å²) in [6.45, 7) is 13.2. The van der Waals surface area contributed by atoms with E-state index in [1.54, 1.807) is 0 Å². The third-order valence-corrected chi connectivity index (χ3v) is 5.57. The lowest BCUT2D eigenvalue weighted by molar-refractivity contribution is 0.802. The van der Waals surface area contributed by atoms with Crippen LogP contribution in [0.3, 0.4) is 0 Å². The van der Waals surface area contributed by atoms with Crippen molar-refractivity contribution < 1.29 is 0 Å². The van der Waals surface area contributed by atoms with E-state index in [9.17, 15) is 5.26 Å². The zero-order chi connectivity index (χ0) is 19.4. The molecule has 0 aliphatic heterocycles. The monoisotopic (exact) mass is 381 g/mol. The van der Waals surface area contributed by atoms with E-state index in [2.05, 4.69) is 84.0 Å². The summed E-state index contributed by atoms with van der Waals surface area (Å²) in [7, 11) is 0. The lowest BCUT2D eigenvalue weighted by Crippen LogP contribution is -2.06. The van der Waals surface area contributed by atoms with Crippen molar-refractivity contribution in [2.45, 2.75) is 60.8 Å². The number of nitriles is 1. The zero-order valence-corrected chi connectivity index (χ0v) is 18.1. The maximum absolute atomic E-state index is 9.58. The quantitative estimate of drug-likeness (QED) is 0.310. The van der Waals surface area contributed by atoms with Crippen LogP contribution in [0.5, 0.6) is 0 Å². The van der Waals surface area contributed by atoms with Crippen LogP contribution in [0.25, 0.3) is 11.6 Å². The number of rotatable bonds is 4. The third-order valence-electron chi connectivity index (χ3n) is 3.32. The first-order valence-electron chi connectivity index (χ1n) is 8.76. The molecule has 1 nitrogen and oxygen atoms in total. The lowest BCUT2D eigenvalue weighted by Gasteiger charge is -2.17. The molecule has 0 heterocycles. The van der Waals surface area contributed by atoms with Crippen LogP contribution in [0.2, 0.25) is 0 Å². The van der Waals surface area contributed by atoms with Gasteiger partial charge in [-0.05, 0) is 41.5 Å². The van der Waals surface area contributed by atoms with Gasteiger partial charge in [0, 0.05) is 19.3 Å². The van der Waals surface area contributed by atoms with Crippen molar-refractivity contribution in [3.8, 4) is 6.07 Å². The van der Waals surface area contributed by atoms with E-state index in [0.29, 0.717) is 5.57 Å². The van der Waals surface area contributed by atoms with Gasteiger partial charge in [-0.3, -0.25) is 0 Å². The molecule has 0 saturated heterocycles. The normalized spacial score (nSPS) is 12.7. The minimum Gasteiger partial charge on any atom is -0.192 e. The Bertz CT molecular complexity index is 796. The van der Waals surface area contributed by atoms with E-state index in [1.807, 2.05) is 41.7 Å². The number of benzene rings is 2. The molecule has 0 radical (unpaired) electrons. The number of allylic oxidation sites excluding steroid dienone is 1. The van der Waals surface area contributed by atoms with Gasteiger partial charge in [-0.1, -0.05) is 65.8 Å². The SMILES string of the molecule is CC(C)(C)Sc1ccc(/C=C(\C#N)c2ccc(SC(C)(C)C)cc2)cc1. The van der Waals surface area contributed by atoms with Crippen LogP contribution in [0, 0.1) is 11.3 Å². The molecule has 0 unspecified atom stereocenters. The van der Waals surface area contributed by atoms with Gasteiger partial charge in [-0.2, -0.15) is 5.26 Å². The molecule has 0 atom stereocenters. The van der Waals surface area contributed by atoms with Crippen LogP contribution in [0.4, 0.5) is 0 Å². The number of nitrogens with zero attached hydrogens (tertiary/aromatic N) is 1. The Morgan fingerprint density at radius 3 is 1.58 bits per heavy atom. The summed E-state index contributed by atoms with van der Waals surface area (Å²) in [6, 6.07) is 19.0. The largest absolute Gasteiger partial charge is 0.192 e. The van der Waals surface area contributed by atoms with Gasteiger partial charge in [0.2, 0.25) is 0 Å². The molecule has 2 aromatic carbocycles. The molecule has 0 aliphatic rings. The van der Waals surface area contributed by atoms with Crippen molar-refractivity contribution in [3.63, 3.8) is 0 Å². The van der Waals surface area contributed by atoms with E-state index in [-0.39, 0.29) is 9.49 Å². The van der Waals surface area contributed by atoms with Crippen molar-refractivity contribution in [2.75, 3.05) is 0 Å². The van der Waals surface area contributed by atoms with Gasteiger partial charge in [-0.15, -0.1) is 23.5 Å². The summed E-state index contributed by atoms with van der Waals surface area (Å²) in [5.74, 6) is 0. The van der Waals surface area contributed by atoms with Crippen molar-refractivity contribution in [3.05, 3.63) is 59.7 Å². The van der Waals surface area contributed by atoms with Gasteiger partial charge >= 0.3 is 0 Å². The molecule has 0 spiro atoms. The molecular weight excluding hydrogens is 354 g/mol. The fourth-order valence-corrected chi connectivity index (χ4v) is 4.35. The first-order chi connectivity index (χ1) is 12.1. The van der Waals surface area contributed by atoms with Gasteiger partial charge in [0.1, 0.15) is 0 Å². The Kier molecular flexibility index (Phi) is 6.66. The third kappa shape index (κ3) is 6.94. The highest BCUT2D eigenvalue weighted by Gasteiger charge is 2.13.